The minimum atomic E-state index is -0.333. The highest BCUT2D eigenvalue weighted by Gasteiger charge is 2.16. The predicted octanol–water partition coefficient (Wildman–Crippen LogP) is 3.91. The third-order valence-electron chi connectivity index (χ3n) is 4.51. The molecule has 0 unspecified atom stereocenters. The third kappa shape index (κ3) is 3.81. The molecule has 0 saturated carbocycles. The van der Waals surface area contributed by atoms with E-state index in [1.807, 2.05) is 45.3 Å². The molecule has 2 N–H and O–H groups in total. The van der Waals surface area contributed by atoms with Gasteiger partial charge in [0.2, 0.25) is 11.5 Å². The first-order valence-electron chi connectivity index (χ1n) is 8.99. The molecule has 4 aromatic rings. The fourth-order valence-corrected chi connectivity index (χ4v) is 3.61. The Balaban J connectivity index is 1.76. The van der Waals surface area contributed by atoms with Crippen LogP contribution in [0.25, 0.3) is 33.5 Å². The Hall–Kier alpha value is -2.97. The number of benzene rings is 2. The van der Waals surface area contributed by atoms with Gasteiger partial charge in [-0.2, -0.15) is 0 Å². The van der Waals surface area contributed by atoms with Crippen molar-refractivity contribution < 1.29 is 9.21 Å². The molecule has 2 aromatic carbocycles. The summed E-state index contributed by atoms with van der Waals surface area (Å²) in [5.41, 5.74) is 3.34. The Morgan fingerprint density at radius 1 is 1.24 bits per heavy atom. The Bertz CT molecular complexity index is 1310. The maximum absolute atomic E-state index is 12.6. The minimum Gasteiger partial charge on any atom is -0.449 e. The summed E-state index contributed by atoms with van der Waals surface area (Å²) < 4.78 is 6.56. The highest BCUT2D eigenvalue weighted by atomic mass is 79.9. The number of fused-ring (bicyclic) bond motifs is 3. The second kappa shape index (κ2) is 7.46. The lowest BCUT2D eigenvalue weighted by Gasteiger charge is -2.12. The number of anilines is 1. The van der Waals surface area contributed by atoms with E-state index in [0.717, 1.165) is 21.0 Å². The topological polar surface area (TPSA) is 91.2 Å². The molecule has 0 aliphatic heterocycles. The SMILES string of the molecule is Cc1cc(NC(=O)CN(C)C)ccc1-c1nc2c(oc3ccc(Br)cc32)c(=O)[nH]1. The van der Waals surface area contributed by atoms with Gasteiger partial charge in [-0.3, -0.25) is 9.59 Å². The summed E-state index contributed by atoms with van der Waals surface area (Å²) >= 11 is 3.45. The van der Waals surface area contributed by atoms with E-state index in [0.29, 0.717) is 29.2 Å². The van der Waals surface area contributed by atoms with Crippen LogP contribution in [-0.2, 0) is 4.79 Å². The third-order valence-corrected chi connectivity index (χ3v) is 5.00. The molecule has 0 saturated heterocycles. The zero-order chi connectivity index (χ0) is 20.7. The van der Waals surface area contributed by atoms with Gasteiger partial charge in [0.25, 0.3) is 5.56 Å². The Kier molecular flexibility index (Phi) is 4.97. The van der Waals surface area contributed by atoms with E-state index in [2.05, 4.69) is 31.2 Å². The summed E-state index contributed by atoms with van der Waals surface area (Å²) in [5, 5.41) is 3.64. The van der Waals surface area contributed by atoms with Crippen LogP contribution in [0, 0.1) is 6.92 Å². The maximum atomic E-state index is 12.6. The number of halogens is 1. The number of aromatic nitrogens is 2. The van der Waals surface area contributed by atoms with Crippen LogP contribution in [0.1, 0.15) is 5.56 Å². The fraction of sp³-hybridized carbons (Fsp3) is 0.190. The number of carbonyl (C=O) groups excluding carboxylic acids is 1. The van der Waals surface area contributed by atoms with E-state index >= 15 is 0 Å². The number of H-pyrrole nitrogens is 1. The molecule has 148 valence electrons. The average Bonchev–Trinajstić information content (AvgIpc) is 2.99. The van der Waals surface area contributed by atoms with Crippen LogP contribution in [0.5, 0.6) is 0 Å². The molecule has 7 nitrogen and oxygen atoms in total. The van der Waals surface area contributed by atoms with Gasteiger partial charge in [-0.1, -0.05) is 15.9 Å². The molecule has 2 aromatic heterocycles. The summed E-state index contributed by atoms with van der Waals surface area (Å²) in [5.74, 6) is 0.361. The molecule has 0 bridgehead atoms. The normalized spacial score (nSPS) is 11.5. The smallest absolute Gasteiger partial charge is 0.294 e. The quantitative estimate of drug-likeness (QED) is 0.487. The highest BCUT2D eigenvalue weighted by molar-refractivity contribution is 9.10. The summed E-state index contributed by atoms with van der Waals surface area (Å²) in [4.78, 5) is 33.8. The first kappa shape index (κ1) is 19.4. The molecular weight excluding hydrogens is 436 g/mol. The van der Waals surface area contributed by atoms with Gasteiger partial charge in [0.05, 0.1) is 6.54 Å². The number of furan rings is 1. The van der Waals surface area contributed by atoms with Crippen LogP contribution in [0.3, 0.4) is 0 Å². The monoisotopic (exact) mass is 454 g/mol. The lowest BCUT2D eigenvalue weighted by molar-refractivity contribution is -0.116. The van der Waals surface area contributed by atoms with Gasteiger partial charge in [-0.25, -0.2) is 4.98 Å². The van der Waals surface area contributed by atoms with Crippen LogP contribution in [0.2, 0.25) is 0 Å². The van der Waals surface area contributed by atoms with Gasteiger partial charge in [0.15, 0.2) is 0 Å². The zero-order valence-corrected chi connectivity index (χ0v) is 17.8. The van der Waals surface area contributed by atoms with E-state index in [4.69, 9.17) is 4.42 Å². The molecule has 4 rings (SSSR count). The number of aromatic amines is 1. The molecule has 8 heteroatoms. The second-order valence-corrected chi connectivity index (χ2v) is 8.07. The Morgan fingerprint density at radius 2 is 2.03 bits per heavy atom. The van der Waals surface area contributed by atoms with Crippen molar-refractivity contribution in [2.75, 3.05) is 26.0 Å². The van der Waals surface area contributed by atoms with Gasteiger partial charge < -0.3 is 19.6 Å². The molecule has 29 heavy (non-hydrogen) atoms. The standard InChI is InChI=1S/C21H19BrN4O3/c1-11-8-13(23-17(27)10-26(2)3)5-6-14(11)20-24-18-15-9-12(22)4-7-16(15)29-19(18)21(28)25-20/h4-9H,10H2,1-3H3,(H,23,27)(H,24,25,28). The van der Waals surface area contributed by atoms with Crippen molar-refractivity contribution in [2.45, 2.75) is 6.92 Å². The predicted molar refractivity (Wildman–Crippen MR) is 117 cm³/mol. The van der Waals surface area contributed by atoms with Gasteiger partial charge in [-0.05, 0) is 63.0 Å². The van der Waals surface area contributed by atoms with E-state index in [1.54, 1.807) is 17.0 Å². The Morgan fingerprint density at radius 3 is 2.76 bits per heavy atom. The molecule has 0 fully saturated rings. The van der Waals surface area contributed by atoms with Crippen molar-refractivity contribution in [1.82, 2.24) is 14.9 Å². The number of hydrogen-bond donors (Lipinski definition) is 2. The van der Waals surface area contributed by atoms with E-state index in [9.17, 15) is 9.59 Å². The molecule has 0 spiro atoms. The van der Waals surface area contributed by atoms with Crippen molar-refractivity contribution in [2.24, 2.45) is 0 Å². The van der Waals surface area contributed by atoms with E-state index < -0.39 is 0 Å². The maximum Gasteiger partial charge on any atom is 0.294 e. The molecule has 0 aliphatic rings. The largest absolute Gasteiger partial charge is 0.449 e. The van der Waals surface area contributed by atoms with Crippen molar-refractivity contribution in [3.63, 3.8) is 0 Å². The molecule has 2 heterocycles. The van der Waals surface area contributed by atoms with Crippen molar-refractivity contribution >= 4 is 49.6 Å². The first-order valence-corrected chi connectivity index (χ1v) is 9.79. The second-order valence-electron chi connectivity index (χ2n) is 7.15. The van der Waals surface area contributed by atoms with Crippen molar-refractivity contribution in [1.29, 1.82) is 0 Å². The van der Waals surface area contributed by atoms with Gasteiger partial charge in [0, 0.05) is 21.1 Å². The number of carbonyl (C=O) groups is 1. The summed E-state index contributed by atoms with van der Waals surface area (Å²) in [6, 6.07) is 11.0. The molecule has 0 atom stereocenters. The lowest BCUT2D eigenvalue weighted by atomic mass is 10.1. The summed E-state index contributed by atoms with van der Waals surface area (Å²) in [6.07, 6.45) is 0. The Labute approximate surface area is 174 Å². The number of rotatable bonds is 4. The molecule has 1 amide bonds. The highest BCUT2D eigenvalue weighted by Crippen LogP contribution is 2.30. The molecule has 0 aliphatic carbocycles. The van der Waals surface area contributed by atoms with Crippen molar-refractivity contribution in [3.8, 4) is 11.4 Å². The van der Waals surface area contributed by atoms with Gasteiger partial charge in [-0.15, -0.1) is 0 Å². The average molecular weight is 455 g/mol. The molecule has 0 radical (unpaired) electrons. The van der Waals surface area contributed by atoms with Gasteiger partial charge in [0.1, 0.15) is 16.9 Å². The van der Waals surface area contributed by atoms with Crippen LogP contribution < -0.4 is 10.9 Å². The lowest BCUT2D eigenvalue weighted by Crippen LogP contribution is -2.27. The van der Waals surface area contributed by atoms with E-state index in [1.165, 1.54) is 0 Å². The van der Waals surface area contributed by atoms with E-state index in [-0.39, 0.29) is 17.0 Å². The number of hydrogen-bond acceptors (Lipinski definition) is 5. The number of nitrogens with zero attached hydrogens (tertiary/aromatic N) is 2. The number of likely N-dealkylation sites (N-methyl/N-ethyl adjacent to an activating group) is 1. The number of nitrogens with one attached hydrogen (secondary N) is 2. The molecular formula is C21H19BrN4O3. The first-order chi connectivity index (χ1) is 13.8. The minimum absolute atomic E-state index is 0.0921. The number of amides is 1. The summed E-state index contributed by atoms with van der Waals surface area (Å²) in [7, 11) is 3.67. The fourth-order valence-electron chi connectivity index (χ4n) is 3.25. The van der Waals surface area contributed by atoms with Crippen LogP contribution in [-0.4, -0.2) is 41.4 Å². The van der Waals surface area contributed by atoms with Crippen LogP contribution >= 0.6 is 15.9 Å². The van der Waals surface area contributed by atoms with Crippen LogP contribution in [0.15, 0.2) is 50.1 Å². The zero-order valence-electron chi connectivity index (χ0n) is 16.2. The number of aryl methyl sites for hydroxylation is 1. The van der Waals surface area contributed by atoms with Crippen molar-refractivity contribution in [3.05, 3.63) is 56.8 Å². The van der Waals surface area contributed by atoms with Gasteiger partial charge >= 0.3 is 0 Å². The van der Waals surface area contributed by atoms with Crippen LogP contribution in [0.4, 0.5) is 5.69 Å². The summed E-state index contributed by atoms with van der Waals surface area (Å²) in [6.45, 7) is 2.21.